The smallest absolute Gasteiger partial charge is 0.320 e. The first-order valence-electron chi connectivity index (χ1n) is 10.2. The summed E-state index contributed by atoms with van der Waals surface area (Å²) in [6, 6.07) is 21.9. The van der Waals surface area contributed by atoms with Crippen LogP contribution in [0.15, 0.2) is 77.8 Å². The predicted octanol–water partition coefficient (Wildman–Crippen LogP) is 2.86. The number of amides is 1. The van der Waals surface area contributed by atoms with E-state index in [1.165, 1.54) is 5.56 Å². The van der Waals surface area contributed by atoms with Gasteiger partial charge in [-0.3, -0.25) is 9.59 Å². The normalized spacial score (nSPS) is 12.2. The molecule has 3 aromatic carbocycles. The van der Waals surface area contributed by atoms with Crippen molar-refractivity contribution in [1.82, 2.24) is 5.32 Å². The first-order chi connectivity index (χ1) is 15.3. The van der Waals surface area contributed by atoms with Crippen LogP contribution in [0, 0.1) is 6.92 Å². The Kier molecular flexibility index (Phi) is 7.36. The van der Waals surface area contributed by atoms with Gasteiger partial charge in [0, 0.05) is 12.1 Å². The molecule has 0 unspecified atom stereocenters. The lowest BCUT2D eigenvalue weighted by atomic mass is 10.0. The van der Waals surface area contributed by atoms with Gasteiger partial charge in [-0.15, -0.1) is 0 Å². The Bertz CT molecular complexity index is 1110. The van der Waals surface area contributed by atoms with Crippen LogP contribution in [-0.4, -0.2) is 29.0 Å². The molecular weight excluding hydrogens is 404 g/mol. The van der Waals surface area contributed by atoms with Crippen LogP contribution in [0.25, 0.3) is 11.1 Å². The van der Waals surface area contributed by atoms with Crippen molar-refractivity contribution < 1.29 is 14.7 Å². The predicted molar refractivity (Wildman–Crippen MR) is 125 cm³/mol. The fourth-order valence-corrected chi connectivity index (χ4v) is 3.09. The highest BCUT2D eigenvalue weighted by Crippen LogP contribution is 2.20. The number of benzene rings is 3. The van der Waals surface area contributed by atoms with Crippen LogP contribution in [0.3, 0.4) is 0 Å². The van der Waals surface area contributed by atoms with Gasteiger partial charge < -0.3 is 21.9 Å². The molecule has 0 aromatic heterocycles. The lowest BCUT2D eigenvalue weighted by Crippen LogP contribution is -2.32. The highest BCUT2D eigenvalue weighted by atomic mass is 16.4. The van der Waals surface area contributed by atoms with Crippen molar-refractivity contribution in [2.45, 2.75) is 25.9 Å². The van der Waals surface area contributed by atoms with Crippen LogP contribution >= 0.6 is 0 Å². The van der Waals surface area contributed by atoms with Crippen LogP contribution in [0.1, 0.15) is 27.0 Å². The summed E-state index contributed by atoms with van der Waals surface area (Å²) in [5.41, 5.74) is 17.0. The average Bonchev–Trinajstić information content (AvgIpc) is 2.79. The third-order valence-corrected chi connectivity index (χ3v) is 5.01. The molecule has 0 saturated carbocycles. The summed E-state index contributed by atoms with van der Waals surface area (Å²) in [5, 5.41) is 11.8. The van der Waals surface area contributed by atoms with Gasteiger partial charge in [0.1, 0.15) is 6.04 Å². The van der Waals surface area contributed by atoms with Gasteiger partial charge in [0.15, 0.2) is 5.96 Å². The summed E-state index contributed by atoms with van der Waals surface area (Å²) in [5.74, 6) is -1.54. The second-order valence-electron chi connectivity index (χ2n) is 7.56. The number of nitrogens with two attached hydrogens (primary N) is 2. The topological polar surface area (TPSA) is 131 Å². The summed E-state index contributed by atoms with van der Waals surface area (Å²) in [6.07, 6.45) is 0.180. The summed E-state index contributed by atoms with van der Waals surface area (Å²) in [7, 11) is 0. The third kappa shape index (κ3) is 6.26. The molecule has 0 aliphatic carbocycles. The molecule has 1 atom stereocenters. The van der Waals surface area contributed by atoms with E-state index in [0.29, 0.717) is 12.1 Å². The zero-order chi connectivity index (χ0) is 23.1. The number of carboxylic acid groups (broad SMARTS) is 1. The van der Waals surface area contributed by atoms with Crippen molar-refractivity contribution in [2.24, 2.45) is 16.5 Å². The van der Waals surface area contributed by atoms with E-state index in [4.69, 9.17) is 16.6 Å². The van der Waals surface area contributed by atoms with E-state index in [-0.39, 0.29) is 12.4 Å². The highest BCUT2D eigenvalue weighted by molar-refractivity contribution is 6.02. The fraction of sp³-hybridized carbons (Fsp3) is 0.160. The number of nitrogens with zero attached hydrogens (tertiary/aromatic N) is 1. The van der Waals surface area contributed by atoms with E-state index >= 15 is 0 Å². The van der Waals surface area contributed by atoms with Crippen molar-refractivity contribution in [3.63, 3.8) is 0 Å². The number of aryl methyl sites for hydroxylation is 1. The largest absolute Gasteiger partial charge is 0.480 e. The van der Waals surface area contributed by atoms with Crippen LogP contribution in [0.2, 0.25) is 0 Å². The molecule has 3 aromatic rings. The average molecular weight is 431 g/mol. The van der Waals surface area contributed by atoms with Crippen molar-refractivity contribution in [3.8, 4) is 11.1 Å². The number of aliphatic carboxylic acids is 1. The van der Waals surface area contributed by atoms with Crippen molar-refractivity contribution in [2.75, 3.05) is 0 Å². The van der Waals surface area contributed by atoms with Crippen LogP contribution < -0.4 is 16.8 Å². The highest BCUT2D eigenvalue weighted by Gasteiger charge is 2.12. The van der Waals surface area contributed by atoms with E-state index in [1.54, 1.807) is 24.3 Å². The van der Waals surface area contributed by atoms with E-state index < -0.39 is 17.9 Å². The van der Waals surface area contributed by atoms with Crippen molar-refractivity contribution in [3.05, 3.63) is 95.1 Å². The van der Waals surface area contributed by atoms with Crippen molar-refractivity contribution >= 4 is 17.8 Å². The number of guanidine groups is 1. The molecule has 0 fully saturated rings. The standard InChI is InChI=1S/C25H26N4O3/c1-16-2-8-19(9-3-16)20-10-6-18(7-11-20)15-28-25(27)29-23(30)21-12-4-17(5-13-21)14-22(26)24(31)32/h2-13,22H,14-15,26H2,1H3,(H,31,32)(H3,27,28,29,30)/t22-/m0/s1. The molecule has 0 aliphatic rings. The minimum atomic E-state index is -1.07. The number of nitrogens with one attached hydrogen (secondary N) is 1. The molecule has 7 heteroatoms. The number of rotatable bonds is 7. The Morgan fingerprint density at radius 2 is 1.44 bits per heavy atom. The number of aliphatic imine (C=N–C) groups is 1. The first kappa shape index (κ1) is 22.7. The van der Waals surface area contributed by atoms with E-state index in [9.17, 15) is 9.59 Å². The van der Waals surface area contributed by atoms with Gasteiger partial charge in [-0.25, -0.2) is 0 Å². The SMILES string of the molecule is Cc1ccc(-c2ccc(CNC(N)=NC(=O)c3ccc(C[C@H](N)C(=O)O)cc3)cc2)cc1. The van der Waals surface area contributed by atoms with E-state index in [2.05, 4.69) is 41.5 Å². The number of hydrogen-bond donors (Lipinski definition) is 4. The Morgan fingerprint density at radius 3 is 2.00 bits per heavy atom. The van der Waals surface area contributed by atoms with Gasteiger partial charge in [0.2, 0.25) is 0 Å². The number of carbonyl (C=O) groups is 2. The van der Waals surface area contributed by atoms with Gasteiger partial charge in [-0.2, -0.15) is 4.99 Å². The second kappa shape index (κ2) is 10.4. The van der Waals surface area contributed by atoms with Crippen LogP contribution in [0.5, 0.6) is 0 Å². The van der Waals surface area contributed by atoms with Gasteiger partial charge in [0.05, 0.1) is 0 Å². The number of hydrogen-bond acceptors (Lipinski definition) is 3. The van der Waals surface area contributed by atoms with E-state index in [1.807, 2.05) is 24.3 Å². The quantitative estimate of drug-likeness (QED) is 0.337. The fourth-order valence-electron chi connectivity index (χ4n) is 3.09. The van der Waals surface area contributed by atoms with Crippen LogP contribution in [-0.2, 0) is 17.8 Å². The minimum absolute atomic E-state index is 0.0228. The monoisotopic (exact) mass is 430 g/mol. The molecule has 3 rings (SSSR count). The molecule has 164 valence electrons. The molecule has 0 bridgehead atoms. The van der Waals surface area contributed by atoms with E-state index in [0.717, 1.165) is 22.3 Å². The summed E-state index contributed by atoms with van der Waals surface area (Å²) in [6.45, 7) is 2.49. The molecule has 0 saturated heterocycles. The second-order valence-corrected chi connectivity index (χ2v) is 7.56. The summed E-state index contributed by atoms with van der Waals surface area (Å²) < 4.78 is 0. The summed E-state index contributed by atoms with van der Waals surface area (Å²) >= 11 is 0. The van der Waals surface area contributed by atoms with Gasteiger partial charge >= 0.3 is 5.97 Å². The number of carbonyl (C=O) groups excluding carboxylic acids is 1. The summed E-state index contributed by atoms with van der Waals surface area (Å²) in [4.78, 5) is 27.0. The number of carboxylic acids is 1. The lowest BCUT2D eigenvalue weighted by Gasteiger charge is -2.08. The molecule has 6 N–H and O–H groups in total. The maximum absolute atomic E-state index is 12.3. The lowest BCUT2D eigenvalue weighted by molar-refractivity contribution is -0.138. The van der Waals surface area contributed by atoms with Crippen LogP contribution in [0.4, 0.5) is 0 Å². The maximum Gasteiger partial charge on any atom is 0.320 e. The Labute approximate surface area is 186 Å². The molecule has 0 spiro atoms. The Hall–Kier alpha value is -3.97. The van der Waals surface area contributed by atoms with Gasteiger partial charge in [-0.05, 0) is 47.7 Å². The zero-order valence-corrected chi connectivity index (χ0v) is 17.8. The molecule has 0 radical (unpaired) electrons. The third-order valence-electron chi connectivity index (χ3n) is 5.01. The molecule has 7 nitrogen and oxygen atoms in total. The first-order valence-corrected chi connectivity index (χ1v) is 10.2. The molecule has 32 heavy (non-hydrogen) atoms. The Morgan fingerprint density at radius 1 is 0.906 bits per heavy atom. The van der Waals surface area contributed by atoms with Crippen molar-refractivity contribution in [1.29, 1.82) is 0 Å². The molecule has 1 amide bonds. The minimum Gasteiger partial charge on any atom is -0.480 e. The molecule has 0 heterocycles. The van der Waals surface area contributed by atoms with Gasteiger partial charge in [0.25, 0.3) is 5.91 Å². The van der Waals surface area contributed by atoms with Gasteiger partial charge in [-0.1, -0.05) is 66.2 Å². The maximum atomic E-state index is 12.3. The Balaban J connectivity index is 1.55. The molecular formula is C25H26N4O3. The zero-order valence-electron chi connectivity index (χ0n) is 17.8. The molecule has 0 aliphatic heterocycles.